The Balaban J connectivity index is -0.0000000655. The number of hydrogen-bond donors (Lipinski definition) is 6. The van der Waals surface area contributed by atoms with E-state index in [1.807, 2.05) is 0 Å². The Morgan fingerprint density at radius 3 is 0.562 bits per heavy atom. The first-order valence-electron chi connectivity index (χ1n) is 3.09. The fraction of sp³-hybridized carbons (Fsp3) is 1.00. The van der Waals surface area contributed by atoms with Crippen LogP contribution in [0.4, 0.5) is 0 Å². The molecule has 3 radical (unpaired) electrons. The highest BCUT2D eigenvalue weighted by Gasteiger charge is 1.96. The normalized spacial score (nSPS) is 11.1. The zero-order valence-corrected chi connectivity index (χ0v) is 12.7. The maximum Gasteiger partial charge on any atom is 0.322 e. The molecule has 0 atom stereocenters. The average molecular weight is 315 g/mol. The second-order valence-electron chi connectivity index (χ2n) is 2.51. The second-order valence-corrected chi connectivity index (χ2v) is 7.52. The minimum atomic E-state index is -3.64. The van der Waals surface area contributed by atoms with Crippen LogP contribution in [0.25, 0.3) is 0 Å². The quantitative estimate of drug-likeness (QED) is 0.242. The van der Waals surface area contributed by atoms with Crippen LogP contribution in [-0.4, -0.2) is 66.7 Å². The van der Waals surface area contributed by atoms with Crippen LogP contribution in [0.3, 0.4) is 0 Å². The lowest BCUT2D eigenvalue weighted by Crippen LogP contribution is -1.64. The summed E-state index contributed by atoms with van der Waals surface area (Å²) in [5.74, 6) is 0. The minimum absolute atomic E-state index is 0. The summed E-state index contributed by atoms with van der Waals surface area (Å²) < 4.78 is 28.0. The van der Waals surface area contributed by atoms with Gasteiger partial charge in [0.2, 0.25) is 0 Å². The van der Waals surface area contributed by atoms with E-state index in [1.165, 1.54) is 0 Å². The molecule has 0 rings (SSSR count). The molecule has 0 amide bonds. The van der Waals surface area contributed by atoms with Crippen molar-refractivity contribution < 1.29 is 43.1 Å². The summed E-state index contributed by atoms with van der Waals surface area (Å²) in [5, 5.41) is 0. The summed E-state index contributed by atoms with van der Waals surface area (Å²) in [6.07, 6.45) is 0. The van der Waals surface area contributed by atoms with Crippen molar-refractivity contribution in [2.45, 2.75) is 0 Å². The van der Waals surface area contributed by atoms with Crippen LogP contribution in [-0.2, 0) is 13.7 Å². The maximum atomic E-state index is 9.33. The van der Waals surface area contributed by atoms with Crippen molar-refractivity contribution in [1.29, 1.82) is 0 Å². The van der Waals surface area contributed by atoms with E-state index >= 15 is 0 Å². The molecule has 0 unspecified atom stereocenters. The van der Waals surface area contributed by atoms with Crippen molar-refractivity contribution in [3.05, 3.63) is 0 Å². The molecular formula is C3H15AlO9P3. The molecule has 0 bridgehead atoms. The molecule has 0 spiro atoms. The highest BCUT2D eigenvalue weighted by Crippen LogP contribution is 2.27. The van der Waals surface area contributed by atoms with E-state index in [1.54, 1.807) is 0 Å². The Hall–Kier alpha value is 0.982. The molecule has 0 saturated heterocycles. The van der Waals surface area contributed by atoms with Crippen molar-refractivity contribution in [3.63, 3.8) is 0 Å². The van der Waals surface area contributed by atoms with Gasteiger partial charge in [-0.1, -0.05) is 0 Å². The number of hydrogen-bond acceptors (Lipinski definition) is 3. The molecule has 0 saturated carbocycles. The maximum absolute atomic E-state index is 9.33. The van der Waals surface area contributed by atoms with Gasteiger partial charge in [-0.15, -0.1) is 0 Å². The first-order chi connectivity index (χ1) is 6.00. The zero-order chi connectivity index (χ0) is 13.5. The molecule has 9 nitrogen and oxygen atoms in total. The molecule has 16 heavy (non-hydrogen) atoms. The Bertz CT molecular complexity index is 212. The van der Waals surface area contributed by atoms with E-state index in [9.17, 15) is 13.7 Å². The van der Waals surface area contributed by atoms with E-state index in [0.717, 1.165) is 20.0 Å². The van der Waals surface area contributed by atoms with Crippen LogP contribution in [0.5, 0.6) is 0 Å². The molecule has 0 aromatic rings. The van der Waals surface area contributed by atoms with Crippen molar-refractivity contribution in [3.8, 4) is 0 Å². The largest absolute Gasteiger partial charge is 0.325 e. The van der Waals surface area contributed by atoms with E-state index in [4.69, 9.17) is 29.4 Å². The summed E-state index contributed by atoms with van der Waals surface area (Å²) in [6.45, 7) is 2.56. The highest BCUT2D eigenvalue weighted by atomic mass is 31.2. The molecule has 0 aromatic carbocycles. The first-order valence-corrected chi connectivity index (χ1v) is 9.27. The summed E-state index contributed by atoms with van der Waals surface area (Å²) in [5.41, 5.74) is 0. The van der Waals surface area contributed by atoms with Crippen LogP contribution in [0, 0.1) is 0 Å². The summed E-state index contributed by atoms with van der Waals surface area (Å²) >= 11 is 0. The van der Waals surface area contributed by atoms with E-state index in [0.29, 0.717) is 0 Å². The third-order valence-corrected chi connectivity index (χ3v) is 0. The Morgan fingerprint density at radius 2 is 0.562 bits per heavy atom. The van der Waals surface area contributed by atoms with Crippen molar-refractivity contribution in [1.82, 2.24) is 0 Å². The van der Waals surface area contributed by atoms with Crippen LogP contribution in [0.2, 0.25) is 0 Å². The third-order valence-electron chi connectivity index (χ3n) is 0. The Morgan fingerprint density at radius 1 is 0.562 bits per heavy atom. The van der Waals surface area contributed by atoms with E-state index in [2.05, 4.69) is 0 Å². The van der Waals surface area contributed by atoms with Gasteiger partial charge in [0.25, 0.3) is 0 Å². The predicted molar refractivity (Wildman–Crippen MR) is 59.7 cm³/mol. The smallest absolute Gasteiger partial charge is 0.322 e. The van der Waals surface area contributed by atoms with Gasteiger partial charge in [0.15, 0.2) is 0 Å². The van der Waals surface area contributed by atoms with Crippen LogP contribution < -0.4 is 0 Å². The monoisotopic (exact) mass is 315 g/mol. The zero-order valence-electron chi connectivity index (χ0n) is 8.83. The fourth-order valence-electron chi connectivity index (χ4n) is 0. The minimum Gasteiger partial charge on any atom is -0.325 e. The average Bonchev–Trinajstić information content (AvgIpc) is 1.41. The predicted octanol–water partition coefficient (Wildman–Crippen LogP) is -0.999. The molecule has 6 N–H and O–H groups in total. The topological polar surface area (TPSA) is 173 Å². The summed E-state index contributed by atoms with van der Waals surface area (Å²) in [7, 11) is -10.9. The van der Waals surface area contributed by atoms with Crippen molar-refractivity contribution in [2.24, 2.45) is 0 Å². The SMILES string of the molecule is CP(=O)(O)O.CP(=O)(O)O.CP(=O)(O)O.[Al]. The molecule has 0 aliphatic carbocycles. The molecular weight excluding hydrogens is 300 g/mol. The van der Waals surface area contributed by atoms with Gasteiger partial charge < -0.3 is 29.4 Å². The lowest BCUT2D eigenvalue weighted by atomic mass is 12.0. The van der Waals surface area contributed by atoms with Crippen molar-refractivity contribution in [2.75, 3.05) is 20.0 Å². The highest BCUT2D eigenvalue weighted by molar-refractivity contribution is 7.51. The Labute approximate surface area is 104 Å². The van der Waals surface area contributed by atoms with Crippen molar-refractivity contribution >= 4 is 40.1 Å². The molecule has 13 heteroatoms. The summed E-state index contributed by atoms with van der Waals surface area (Å²) in [6, 6.07) is 0. The second kappa shape index (κ2) is 9.96. The van der Waals surface area contributed by atoms with Gasteiger partial charge >= 0.3 is 22.8 Å². The van der Waals surface area contributed by atoms with Gasteiger partial charge in [-0.2, -0.15) is 0 Å². The molecule has 0 aliphatic heterocycles. The molecule has 0 fully saturated rings. The number of rotatable bonds is 0. The van der Waals surface area contributed by atoms with E-state index < -0.39 is 22.8 Å². The van der Waals surface area contributed by atoms with Crippen LogP contribution >= 0.6 is 22.8 Å². The standard InChI is InChI=1S/3CH5O3P.Al/c3*1-5(2,3)4;/h3*1H3,(H2,2,3,4);. The van der Waals surface area contributed by atoms with Gasteiger partial charge in [0, 0.05) is 37.4 Å². The lowest BCUT2D eigenvalue weighted by molar-refractivity contribution is 0.379. The van der Waals surface area contributed by atoms with Gasteiger partial charge in [0.05, 0.1) is 0 Å². The first kappa shape index (κ1) is 25.7. The van der Waals surface area contributed by atoms with E-state index in [-0.39, 0.29) is 17.4 Å². The van der Waals surface area contributed by atoms with Gasteiger partial charge in [-0.25, -0.2) is 0 Å². The van der Waals surface area contributed by atoms with Crippen LogP contribution in [0.15, 0.2) is 0 Å². The molecule has 0 aliphatic rings. The molecule has 99 valence electrons. The third kappa shape index (κ3) is 3030. The molecule has 0 aromatic heterocycles. The lowest BCUT2D eigenvalue weighted by Gasteiger charge is -1.84. The van der Waals surface area contributed by atoms with Gasteiger partial charge in [-0.3, -0.25) is 13.7 Å². The summed E-state index contributed by atoms with van der Waals surface area (Å²) in [4.78, 5) is 45.8. The van der Waals surface area contributed by atoms with Gasteiger partial charge in [0.1, 0.15) is 0 Å². The Kier molecular flexibility index (Phi) is 16.0. The van der Waals surface area contributed by atoms with Gasteiger partial charge in [-0.05, 0) is 0 Å². The fourth-order valence-corrected chi connectivity index (χ4v) is 0. The molecule has 0 heterocycles. The van der Waals surface area contributed by atoms with Crippen LogP contribution in [0.1, 0.15) is 0 Å².